The quantitative estimate of drug-likeness (QED) is 0.586. The van der Waals surface area contributed by atoms with E-state index in [1.165, 1.54) is 0 Å². The fourth-order valence-electron chi connectivity index (χ4n) is 0.902. The van der Waals surface area contributed by atoms with Crippen LogP contribution in [0.25, 0.3) is 0 Å². The van der Waals surface area contributed by atoms with Gasteiger partial charge >= 0.3 is 0 Å². The van der Waals surface area contributed by atoms with Gasteiger partial charge in [-0.25, -0.2) is 0 Å². The maximum absolute atomic E-state index is 8.34. The van der Waals surface area contributed by atoms with E-state index in [-0.39, 0.29) is 51.4 Å². The Kier molecular flexibility index (Phi) is 5.22. The summed E-state index contributed by atoms with van der Waals surface area (Å²) in [6.07, 6.45) is 0. The molecule has 0 bridgehead atoms. The van der Waals surface area contributed by atoms with Crippen LogP contribution in [-0.2, 0) is 6.54 Å². The summed E-state index contributed by atoms with van der Waals surface area (Å²) in [5.74, 6) is 0. The zero-order chi connectivity index (χ0) is 7.56. The van der Waals surface area contributed by atoms with Crippen LogP contribution in [0.2, 0.25) is 0 Å². The number of hydrogen-bond donors (Lipinski definition) is 0. The molecule has 0 fully saturated rings. The summed E-state index contributed by atoms with van der Waals surface area (Å²) in [6, 6.07) is 3.99. The van der Waals surface area contributed by atoms with Crippen LogP contribution in [0.1, 0.15) is 11.4 Å². The van der Waals surface area contributed by atoms with Crippen molar-refractivity contribution in [3.05, 3.63) is 17.5 Å². The maximum Gasteiger partial charge on any atom is 0.128 e. The Hall–Kier alpha value is 0.336. The van der Waals surface area contributed by atoms with Crippen LogP contribution >= 0.6 is 0 Å². The smallest absolute Gasteiger partial charge is 0.128 e. The van der Waals surface area contributed by atoms with Crippen molar-refractivity contribution >= 4 is 51.4 Å². The minimum atomic E-state index is 0. The molecule has 0 saturated carbocycles. The van der Waals surface area contributed by atoms with E-state index in [9.17, 15) is 0 Å². The number of hydrogen-bond acceptors (Lipinski definition) is 2. The summed E-state index contributed by atoms with van der Waals surface area (Å²) in [7, 11) is 0. The average molecular weight is 174 g/mol. The third-order valence-electron chi connectivity index (χ3n) is 1.32. The molecule has 0 amide bonds. The first-order valence-electron chi connectivity index (χ1n) is 3.12. The predicted octanol–water partition coefficient (Wildman–Crippen LogP) is 0.643. The molecule has 4 heteroatoms. The molecule has 11 heavy (non-hydrogen) atoms. The summed E-state index contributed by atoms with van der Waals surface area (Å²) in [6.45, 7) is 4.21. The standard InChI is InChI=1S/C7H9N3.K/c1-6-5-7(2)10(9-6)4-3-8;/h5H,4H2,1-2H3;. The monoisotopic (exact) mass is 174 g/mol. The fraction of sp³-hybridized carbons (Fsp3) is 0.429. The molecule has 0 atom stereocenters. The molecule has 0 saturated heterocycles. The molecule has 0 unspecified atom stereocenters. The normalized spacial score (nSPS) is 8.45. The fourth-order valence-corrected chi connectivity index (χ4v) is 0.902. The van der Waals surface area contributed by atoms with E-state index >= 15 is 0 Å². The third kappa shape index (κ3) is 3.05. The van der Waals surface area contributed by atoms with Gasteiger partial charge in [0.25, 0.3) is 0 Å². The van der Waals surface area contributed by atoms with Gasteiger partial charge in [-0.3, -0.25) is 4.68 Å². The van der Waals surface area contributed by atoms with E-state index in [0.717, 1.165) is 11.4 Å². The van der Waals surface area contributed by atoms with Crippen molar-refractivity contribution in [1.82, 2.24) is 9.78 Å². The summed E-state index contributed by atoms with van der Waals surface area (Å²) in [5.41, 5.74) is 2.01. The van der Waals surface area contributed by atoms with E-state index < -0.39 is 0 Å². The largest absolute Gasteiger partial charge is 0.255 e. The summed E-state index contributed by atoms with van der Waals surface area (Å²) >= 11 is 0. The Morgan fingerprint density at radius 3 is 2.64 bits per heavy atom. The molecule has 0 spiro atoms. The number of aromatic nitrogens is 2. The average Bonchev–Trinajstić information content (AvgIpc) is 2.13. The molecule has 0 N–H and O–H groups in total. The van der Waals surface area contributed by atoms with Crippen LogP contribution < -0.4 is 0 Å². The second-order valence-corrected chi connectivity index (χ2v) is 2.24. The van der Waals surface area contributed by atoms with Crippen molar-refractivity contribution < 1.29 is 0 Å². The third-order valence-corrected chi connectivity index (χ3v) is 1.32. The minimum absolute atomic E-state index is 0. The first kappa shape index (κ1) is 11.3. The summed E-state index contributed by atoms with van der Waals surface area (Å²) in [4.78, 5) is 0. The Bertz CT molecular complexity index is 272. The second kappa shape index (κ2) is 5.07. The molecule has 3 nitrogen and oxygen atoms in total. The molecule has 1 rings (SSSR count). The molecular formula is C7H9KN3. The minimum Gasteiger partial charge on any atom is -0.255 e. The molecule has 53 valence electrons. The van der Waals surface area contributed by atoms with Crippen molar-refractivity contribution in [3.63, 3.8) is 0 Å². The zero-order valence-corrected chi connectivity index (χ0v) is 10.2. The van der Waals surface area contributed by atoms with Gasteiger partial charge in [-0.1, -0.05) is 0 Å². The number of rotatable bonds is 1. The SMILES string of the molecule is Cc1cc(C)n(CC#N)n1.[K]. The molecule has 0 aliphatic carbocycles. The topological polar surface area (TPSA) is 41.6 Å². The van der Waals surface area contributed by atoms with Gasteiger partial charge in [-0.2, -0.15) is 10.4 Å². The molecular weight excluding hydrogens is 165 g/mol. The van der Waals surface area contributed by atoms with Crippen LogP contribution in [0.5, 0.6) is 0 Å². The molecule has 1 radical (unpaired) electrons. The summed E-state index contributed by atoms with van der Waals surface area (Å²) in [5, 5.41) is 12.4. The molecule has 1 heterocycles. The number of nitrogens with zero attached hydrogens (tertiary/aromatic N) is 3. The summed E-state index contributed by atoms with van der Waals surface area (Å²) < 4.78 is 1.69. The van der Waals surface area contributed by atoms with Crippen molar-refractivity contribution in [3.8, 4) is 6.07 Å². The van der Waals surface area contributed by atoms with Gasteiger partial charge in [0.05, 0.1) is 11.8 Å². The van der Waals surface area contributed by atoms with Gasteiger partial charge < -0.3 is 0 Å². The van der Waals surface area contributed by atoms with Gasteiger partial charge in [0.15, 0.2) is 0 Å². The van der Waals surface area contributed by atoms with Crippen LogP contribution in [0.3, 0.4) is 0 Å². The van der Waals surface area contributed by atoms with Crippen LogP contribution in [0.4, 0.5) is 0 Å². The Morgan fingerprint density at radius 2 is 2.27 bits per heavy atom. The number of aryl methyl sites for hydroxylation is 2. The van der Waals surface area contributed by atoms with Gasteiger partial charge in [-0.05, 0) is 19.9 Å². The number of nitriles is 1. The van der Waals surface area contributed by atoms with E-state index in [0.29, 0.717) is 6.54 Å². The van der Waals surface area contributed by atoms with Crippen molar-refractivity contribution in [2.24, 2.45) is 0 Å². The first-order chi connectivity index (χ1) is 4.74. The van der Waals surface area contributed by atoms with Gasteiger partial charge in [-0.15, -0.1) is 0 Å². The van der Waals surface area contributed by atoms with Gasteiger partial charge in [0.1, 0.15) is 6.54 Å². The van der Waals surface area contributed by atoms with Crippen molar-refractivity contribution in [1.29, 1.82) is 5.26 Å². The van der Waals surface area contributed by atoms with E-state index in [4.69, 9.17) is 5.26 Å². The van der Waals surface area contributed by atoms with Crippen molar-refractivity contribution in [2.75, 3.05) is 0 Å². The van der Waals surface area contributed by atoms with E-state index in [1.54, 1.807) is 4.68 Å². The predicted molar refractivity (Wildman–Crippen MR) is 43.1 cm³/mol. The maximum atomic E-state index is 8.34. The van der Waals surface area contributed by atoms with Crippen LogP contribution in [-0.4, -0.2) is 61.2 Å². The molecule has 0 aliphatic heterocycles. The molecule has 1 aromatic heterocycles. The molecule has 0 aromatic carbocycles. The Morgan fingerprint density at radius 1 is 1.64 bits per heavy atom. The zero-order valence-electron chi connectivity index (χ0n) is 7.13. The van der Waals surface area contributed by atoms with Gasteiger partial charge in [0, 0.05) is 57.1 Å². The Balaban J connectivity index is 0.000001000. The van der Waals surface area contributed by atoms with Crippen LogP contribution in [0, 0.1) is 25.2 Å². The first-order valence-corrected chi connectivity index (χ1v) is 3.12. The second-order valence-electron chi connectivity index (χ2n) is 2.24. The van der Waals surface area contributed by atoms with E-state index in [1.807, 2.05) is 26.0 Å². The van der Waals surface area contributed by atoms with E-state index in [2.05, 4.69) is 5.10 Å². The molecule has 1 aromatic rings. The molecule has 0 aliphatic rings. The van der Waals surface area contributed by atoms with Gasteiger partial charge in [0.2, 0.25) is 0 Å². The van der Waals surface area contributed by atoms with Crippen LogP contribution in [0.15, 0.2) is 6.07 Å². The van der Waals surface area contributed by atoms with Crippen molar-refractivity contribution in [2.45, 2.75) is 20.4 Å². The Labute approximate surface area is 109 Å².